The maximum atomic E-state index is 12.7. The Labute approximate surface area is 239 Å². The molecule has 4 rings (SSSR count). The number of nitrogens with one attached hydrogen (secondary N) is 1. The van der Waals surface area contributed by atoms with Crippen molar-refractivity contribution in [1.29, 1.82) is 0 Å². The van der Waals surface area contributed by atoms with Crippen LogP contribution in [0.15, 0.2) is 27.7 Å². The summed E-state index contributed by atoms with van der Waals surface area (Å²) in [6.07, 6.45) is 4.84. The quantitative estimate of drug-likeness (QED) is 0.284. The Morgan fingerprint density at radius 2 is 1.87 bits per heavy atom. The van der Waals surface area contributed by atoms with Gasteiger partial charge in [0.2, 0.25) is 5.91 Å². The molecule has 1 N–H and O–H groups in total. The number of rotatable bonds is 8. The number of aryl methyl sites for hydroxylation is 1. The first kappa shape index (κ1) is 28.5. The summed E-state index contributed by atoms with van der Waals surface area (Å²) in [5.74, 6) is -1.64. The third-order valence-corrected chi connectivity index (χ3v) is 9.56. The van der Waals surface area contributed by atoms with E-state index in [1.54, 1.807) is 4.57 Å². The highest BCUT2D eigenvalue weighted by atomic mass is 79.9. The van der Waals surface area contributed by atoms with Gasteiger partial charge in [0, 0.05) is 9.35 Å². The molecule has 2 aromatic heterocycles. The number of benzene rings is 1. The summed E-state index contributed by atoms with van der Waals surface area (Å²) in [7, 11) is 2.64. The van der Waals surface area contributed by atoms with E-state index in [9.17, 15) is 19.2 Å². The summed E-state index contributed by atoms with van der Waals surface area (Å²) in [5.41, 5.74) is 2.19. The van der Waals surface area contributed by atoms with Crippen molar-refractivity contribution < 1.29 is 28.7 Å². The molecule has 38 heavy (non-hydrogen) atoms. The van der Waals surface area contributed by atoms with Crippen molar-refractivity contribution in [3.63, 3.8) is 0 Å². The highest BCUT2D eigenvalue weighted by molar-refractivity contribution is 9.10. The molecule has 0 radical (unpaired) electrons. The van der Waals surface area contributed by atoms with Crippen LogP contribution in [-0.4, -0.2) is 54.0 Å². The van der Waals surface area contributed by atoms with E-state index in [2.05, 4.69) is 26.2 Å². The number of carbonyl (C=O) groups is 4. The molecule has 0 aliphatic heterocycles. The zero-order valence-electron chi connectivity index (χ0n) is 20.8. The average molecular weight is 641 g/mol. The number of methoxy groups -OCH3 is 2. The van der Waals surface area contributed by atoms with Crippen molar-refractivity contribution in [2.75, 3.05) is 31.0 Å². The maximum absolute atomic E-state index is 12.7. The molecule has 9 nitrogen and oxygen atoms in total. The summed E-state index contributed by atoms with van der Waals surface area (Å²) in [6.45, 7) is -0.0763. The molecular formula is C25H26BrN3O6S3. The van der Waals surface area contributed by atoms with Crippen LogP contribution in [0.3, 0.4) is 0 Å². The number of thiophene rings is 1. The third kappa shape index (κ3) is 6.74. The number of thioether (sulfide) groups is 1. The van der Waals surface area contributed by atoms with E-state index in [-0.39, 0.29) is 24.0 Å². The largest absolute Gasteiger partial charge is 0.468 e. The number of anilines is 1. The number of hydrogen-bond donors (Lipinski definition) is 1. The third-order valence-electron chi connectivity index (χ3n) is 5.90. The Hall–Kier alpha value is -2.48. The molecule has 13 heteroatoms. The van der Waals surface area contributed by atoms with Crippen LogP contribution in [0, 0.1) is 0 Å². The van der Waals surface area contributed by atoms with E-state index < -0.39 is 17.8 Å². The number of ether oxygens (including phenoxy) is 2. The molecule has 1 aliphatic rings. The van der Waals surface area contributed by atoms with E-state index in [1.807, 2.05) is 18.2 Å². The van der Waals surface area contributed by atoms with Gasteiger partial charge in [-0.25, -0.2) is 4.79 Å². The fraction of sp³-hybridized carbons (Fsp3) is 0.400. The number of hydrogen-bond acceptors (Lipinski definition) is 9. The van der Waals surface area contributed by atoms with Gasteiger partial charge >= 0.3 is 11.9 Å². The molecule has 0 saturated carbocycles. The van der Waals surface area contributed by atoms with Crippen molar-refractivity contribution >= 4 is 89.3 Å². The topological polar surface area (TPSA) is 116 Å². The number of thiazole rings is 1. The van der Waals surface area contributed by atoms with Crippen LogP contribution in [0.5, 0.6) is 0 Å². The molecule has 0 unspecified atom stereocenters. The highest BCUT2D eigenvalue weighted by Crippen LogP contribution is 2.38. The van der Waals surface area contributed by atoms with Crippen molar-refractivity contribution in [3.8, 4) is 0 Å². The number of aromatic nitrogens is 1. The number of carbonyl (C=O) groups excluding carboxylic acids is 4. The van der Waals surface area contributed by atoms with E-state index in [1.165, 1.54) is 36.9 Å². The fourth-order valence-electron chi connectivity index (χ4n) is 4.16. The predicted molar refractivity (Wildman–Crippen MR) is 153 cm³/mol. The lowest BCUT2D eigenvalue weighted by atomic mass is 10.1. The summed E-state index contributed by atoms with van der Waals surface area (Å²) in [6, 6.07) is 5.58. The summed E-state index contributed by atoms with van der Waals surface area (Å²) >= 11 is 7.28. The number of esters is 2. The molecular weight excluding hydrogens is 614 g/mol. The molecule has 3 aromatic rings. The standard InChI is InChI=1S/C25H26BrN3O6S3/c1-34-21(32)11-29-16-9-8-14(26)10-18(16)38-25(29)28-20(31)13-36-12-19(30)27-23-22(24(33)35-2)15-6-4-3-5-7-17(15)37-23/h8-10H,3-7,11-13H2,1-2H3,(H,27,30). The molecule has 2 amide bonds. The molecule has 0 fully saturated rings. The van der Waals surface area contributed by atoms with Gasteiger partial charge in [-0.15, -0.1) is 23.1 Å². The molecule has 0 bridgehead atoms. The minimum atomic E-state index is -0.454. The van der Waals surface area contributed by atoms with Crippen LogP contribution in [0.25, 0.3) is 10.2 Å². The zero-order valence-corrected chi connectivity index (χ0v) is 24.9. The molecule has 0 saturated heterocycles. The van der Waals surface area contributed by atoms with Crippen molar-refractivity contribution in [3.05, 3.63) is 43.5 Å². The van der Waals surface area contributed by atoms with Gasteiger partial charge in [0.05, 0.1) is 41.5 Å². The van der Waals surface area contributed by atoms with Gasteiger partial charge in [0.1, 0.15) is 11.5 Å². The average Bonchev–Trinajstić information content (AvgIpc) is 3.29. The highest BCUT2D eigenvalue weighted by Gasteiger charge is 2.26. The molecule has 1 aliphatic carbocycles. The van der Waals surface area contributed by atoms with Crippen LogP contribution in [-0.2, 0) is 43.2 Å². The Balaban J connectivity index is 1.43. The smallest absolute Gasteiger partial charge is 0.341 e. The number of amides is 2. The van der Waals surface area contributed by atoms with E-state index in [0.29, 0.717) is 15.4 Å². The molecule has 2 heterocycles. The van der Waals surface area contributed by atoms with Crippen LogP contribution in [0.2, 0.25) is 0 Å². The monoisotopic (exact) mass is 639 g/mol. The van der Waals surface area contributed by atoms with Crippen LogP contribution in [0.1, 0.15) is 40.1 Å². The molecule has 0 atom stereocenters. The molecule has 1 aromatic carbocycles. The van der Waals surface area contributed by atoms with E-state index in [0.717, 1.165) is 69.0 Å². The molecule has 0 spiro atoms. The molecule has 202 valence electrons. The van der Waals surface area contributed by atoms with Crippen LogP contribution in [0.4, 0.5) is 5.00 Å². The Morgan fingerprint density at radius 3 is 2.63 bits per heavy atom. The Morgan fingerprint density at radius 1 is 1.08 bits per heavy atom. The summed E-state index contributed by atoms with van der Waals surface area (Å²) in [4.78, 5) is 55.4. The SMILES string of the molecule is COC(=O)Cn1c(=NC(=O)CSCC(=O)Nc2sc3c(c2C(=O)OC)CCCCC3)sc2cc(Br)ccc21. The predicted octanol–water partition coefficient (Wildman–Crippen LogP) is 4.55. The van der Waals surface area contributed by atoms with Gasteiger partial charge in [0.15, 0.2) is 4.80 Å². The van der Waals surface area contributed by atoms with Gasteiger partial charge in [-0.1, -0.05) is 33.7 Å². The Bertz CT molecular complexity index is 1460. The second-order valence-electron chi connectivity index (χ2n) is 8.47. The lowest BCUT2D eigenvalue weighted by Gasteiger charge is -2.07. The minimum absolute atomic E-state index is 0.0195. The van der Waals surface area contributed by atoms with Gasteiger partial charge < -0.3 is 19.4 Å². The number of nitrogens with zero attached hydrogens (tertiary/aromatic N) is 2. The van der Waals surface area contributed by atoms with Gasteiger partial charge in [0.25, 0.3) is 5.91 Å². The first-order valence-electron chi connectivity index (χ1n) is 11.8. The fourth-order valence-corrected chi connectivity index (χ4v) is 7.65. The van der Waals surface area contributed by atoms with Crippen molar-refractivity contribution in [2.45, 2.75) is 38.6 Å². The second kappa shape index (κ2) is 13.0. The zero-order chi connectivity index (χ0) is 27.2. The summed E-state index contributed by atoms with van der Waals surface area (Å²) in [5, 5.41) is 3.35. The van der Waals surface area contributed by atoms with Gasteiger partial charge in [-0.2, -0.15) is 4.99 Å². The van der Waals surface area contributed by atoms with Gasteiger partial charge in [-0.3, -0.25) is 14.4 Å². The lowest BCUT2D eigenvalue weighted by molar-refractivity contribution is -0.141. The lowest BCUT2D eigenvalue weighted by Crippen LogP contribution is -2.23. The first-order chi connectivity index (χ1) is 18.3. The normalized spacial score (nSPS) is 13.6. The maximum Gasteiger partial charge on any atom is 0.341 e. The van der Waals surface area contributed by atoms with Crippen LogP contribution >= 0.6 is 50.4 Å². The Kier molecular flexibility index (Phi) is 9.80. The summed E-state index contributed by atoms with van der Waals surface area (Å²) < 4.78 is 13.1. The van der Waals surface area contributed by atoms with Gasteiger partial charge in [-0.05, 0) is 49.4 Å². The van der Waals surface area contributed by atoms with Crippen LogP contribution < -0.4 is 10.1 Å². The minimum Gasteiger partial charge on any atom is -0.468 e. The second-order valence-corrected chi connectivity index (χ2v) is 12.5. The first-order valence-corrected chi connectivity index (χ1v) is 15.4. The number of fused-ring (bicyclic) bond motifs is 2. The van der Waals surface area contributed by atoms with E-state index in [4.69, 9.17) is 9.47 Å². The van der Waals surface area contributed by atoms with Crippen molar-refractivity contribution in [2.24, 2.45) is 4.99 Å². The van der Waals surface area contributed by atoms with E-state index >= 15 is 0 Å². The number of halogens is 1. The van der Waals surface area contributed by atoms with Crippen molar-refractivity contribution in [1.82, 2.24) is 4.57 Å².